The summed E-state index contributed by atoms with van der Waals surface area (Å²) >= 11 is 9.71. The molecule has 0 bridgehead atoms. The smallest absolute Gasteiger partial charge is 0.362 e. The van der Waals surface area contributed by atoms with Gasteiger partial charge in [0.25, 0.3) is 5.91 Å². The Bertz CT molecular complexity index is 909. The van der Waals surface area contributed by atoms with Gasteiger partial charge < -0.3 is 10.2 Å². The predicted octanol–water partition coefficient (Wildman–Crippen LogP) is 5.59. The maximum atomic E-state index is 13.8. The van der Waals surface area contributed by atoms with Gasteiger partial charge in [-0.25, -0.2) is 4.68 Å². The number of nitrogens with one attached hydrogen (secondary N) is 1. The van der Waals surface area contributed by atoms with Gasteiger partial charge in [0, 0.05) is 24.0 Å². The van der Waals surface area contributed by atoms with E-state index in [0.29, 0.717) is 18.7 Å². The number of piperidine rings is 1. The molecule has 3 heterocycles. The average molecular weight is 492 g/mol. The van der Waals surface area contributed by atoms with E-state index >= 15 is 0 Å². The van der Waals surface area contributed by atoms with Crippen molar-refractivity contribution in [1.82, 2.24) is 14.7 Å². The summed E-state index contributed by atoms with van der Waals surface area (Å²) in [5, 5.41) is 7.02. The van der Waals surface area contributed by atoms with Crippen LogP contribution < -0.4 is 5.32 Å². The summed E-state index contributed by atoms with van der Waals surface area (Å²) in [6.45, 7) is 1.13. The molecule has 156 valence electrons. The van der Waals surface area contributed by atoms with Gasteiger partial charge in [0.1, 0.15) is 10.8 Å². The minimum absolute atomic E-state index is 0.0357. The molecule has 2 aliphatic heterocycles. The van der Waals surface area contributed by atoms with Crippen molar-refractivity contribution >= 4 is 39.3 Å². The first-order valence-electron chi connectivity index (χ1n) is 9.41. The number of alkyl halides is 3. The second-order valence-corrected chi connectivity index (χ2v) is 8.64. The van der Waals surface area contributed by atoms with Crippen molar-refractivity contribution in [1.29, 1.82) is 0 Å². The van der Waals surface area contributed by atoms with Gasteiger partial charge in [-0.05, 0) is 37.0 Å². The number of fused-ring (bicyclic) bond motifs is 1. The van der Waals surface area contributed by atoms with Crippen molar-refractivity contribution in [3.63, 3.8) is 0 Å². The number of hydrogen-bond donors (Lipinski definition) is 1. The highest BCUT2D eigenvalue weighted by Gasteiger charge is 2.48. The topological polar surface area (TPSA) is 50.2 Å². The molecule has 4 rings (SSSR count). The molecular weight excluding hydrogens is 473 g/mol. The molecule has 0 aliphatic carbocycles. The molecule has 1 N–H and O–H groups in total. The van der Waals surface area contributed by atoms with Gasteiger partial charge in [-0.15, -0.1) is 0 Å². The molecule has 1 amide bonds. The molecular formula is C19H19BrClF3N4O. The summed E-state index contributed by atoms with van der Waals surface area (Å²) in [4.78, 5) is 14.4. The second kappa shape index (κ2) is 7.83. The lowest BCUT2D eigenvalue weighted by Gasteiger charge is -2.33. The lowest BCUT2D eigenvalue weighted by molar-refractivity contribution is -0.173. The van der Waals surface area contributed by atoms with E-state index in [1.807, 2.05) is 0 Å². The number of anilines is 1. The number of carbonyl (C=O) groups is 1. The molecule has 1 saturated heterocycles. The van der Waals surface area contributed by atoms with E-state index in [2.05, 4.69) is 26.3 Å². The lowest BCUT2D eigenvalue weighted by Crippen LogP contribution is -2.37. The Kier molecular flexibility index (Phi) is 5.54. The van der Waals surface area contributed by atoms with Gasteiger partial charge in [-0.3, -0.25) is 4.79 Å². The summed E-state index contributed by atoms with van der Waals surface area (Å²) in [7, 11) is 0. The molecule has 10 heteroatoms. The van der Waals surface area contributed by atoms with Crippen molar-refractivity contribution in [2.45, 2.75) is 43.9 Å². The van der Waals surface area contributed by atoms with Gasteiger partial charge in [0.05, 0.1) is 6.04 Å². The van der Waals surface area contributed by atoms with E-state index < -0.39 is 24.2 Å². The molecule has 0 unspecified atom stereocenters. The van der Waals surface area contributed by atoms with Crippen LogP contribution in [0.5, 0.6) is 0 Å². The Morgan fingerprint density at radius 1 is 1.17 bits per heavy atom. The maximum absolute atomic E-state index is 13.8. The lowest BCUT2D eigenvalue weighted by atomic mass is 9.97. The first-order valence-corrected chi connectivity index (χ1v) is 10.6. The van der Waals surface area contributed by atoms with Crippen LogP contribution >= 0.6 is 27.5 Å². The average Bonchev–Trinajstić information content (AvgIpc) is 3.04. The van der Waals surface area contributed by atoms with E-state index in [0.717, 1.165) is 28.4 Å². The van der Waals surface area contributed by atoms with E-state index in [9.17, 15) is 18.0 Å². The molecule has 2 atom stereocenters. The van der Waals surface area contributed by atoms with Crippen LogP contribution in [-0.4, -0.2) is 39.9 Å². The van der Waals surface area contributed by atoms with Crippen molar-refractivity contribution in [2.24, 2.45) is 0 Å². The van der Waals surface area contributed by atoms with Crippen molar-refractivity contribution in [3.05, 3.63) is 45.0 Å². The first-order chi connectivity index (χ1) is 13.8. The van der Waals surface area contributed by atoms with Crippen LogP contribution in [-0.2, 0) is 0 Å². The summed E-state index contributed by atoms with van der Waals surface area (Å²) in [5.41, 5.74) is 0.580. The molecule has 0 spiro atoms. The minimum Gasteiger partial charge on any atom is -0.362 e. The summed E-state index contributed by atoms with van der Waals surface area (Å²) in [6.07, 6.45) is -2.00. The highest BCUT2D eigenvalue weighted by atomic mass is 79.9. The van der Waals surface area contributed by atoms with Crippen LogP contribution in [0, 0.1) is 0 Å². The molecule has 1 aromatic heterocycles. The Labute approximate surface area is 179 Å². The monoisotopic (exact) mass is 490 g/mol. The molecule has 2 aromatic rings. The molecule has 1 aromatic carbocycles. The minimum atomic E-state index is -4.52. The van der Waals surface area contributed by atoms with E-state index in [-0.39, 0.29) is 23.0 Å². The highest BCUT2D eigenvalue weighted by Crippen LogP contribution is 2.46. The molecule has 0 saturated carbocycles. The van der Waals surface area contributed by atoms with Crippen LogP contribution in [0.2, 0.25) is 5.02 Å². The van der Waals surface area contributed by atoms with Gasteiger partial charge in [-0.1, -0.05) is 39.7 Å². The summed E-state index contributed by atoms with van der Waals surface area (Å²) in [5.74, 6) is -0.381. The van der Waals surface area contributed by atoms with Crippen molar-refractivity contribution in [2.75, 3.05) is 18.4 Å². The van der Waals surface area contributed by atoms with E-state index in [1.165, 1.54) is 0 Å². The SMILES string of the molecule is O=C(c1nn2c(c1Cl)N[C@H](c1ccc(Br)cc1)C[C@@H]2C(F)(F)F)N1CCCCC1. The zero-order valence-corrected chi connectivity index (χ0v) is 17.7. The van der Waals surface area contributed by atoms with Gasteiger partial charge in [-0.2, -0.15) is 18.3 Å². The standard InChI is InChI=1S/C19H19BrClF3N4O/c20-12-6-4-11(5-7-12)13-10-14(19(22,23)24)28-17(25-13)15(21)16(26-28)18(29)27-8-2-1-3-9-27/h4-7,13-14,25H,1-3,8-10H2/t13-,14+/m0/s1. The van der Waals surface area contributed by atoms with Crippen LogP contribution in [0.1, 0.15) is 53.8 Å². The molecule has 2 aliphatic rings. The zero-order chi connectivity index (χ0) is 20.8. The van der Waals surface area contributed by atoms with Crippen LogP contribution in [0.15, 0.2) is 28.7 Å². The highest BCUT2D eigenvalue weighted by molar-refractivity contribution is 9.10. The zero-order valence-electron chi connectivity index (χ0n) is 15.3. The van der Waals surface area contributed by atoms with E-state index in [4.69, 9.17) is 11.6 Å². The fraction of sp³-hybridized carbons (Fsp3) is 0.474. The number of nitrogens with zero attached hydrogens (tertiary/aromatic N) is 3. The Hall–Kier alpha value is -1.74. The Morgan fingerprint density at radius 3 is 2.45 bits per heavy atom. The largest absolute Gasteiger partial charge is 0.410 e. The Morgan fingerprint density at radius 2 is 1.83 bits per heavy atom. The third-order valence-electron chi connectivity index (χ3n) is 5.41. The number of benzene rings is 1. The number of likely N-dealkylation sites (tertiary alicyclic amines) is 1. The third kappa shape index (κ3) is 3.99. The first kappa shape index (κ1) is 20.5. The second-order valence-electron chi connectivity index (χ2n) is 7.35. The molecule has 0 radical (unpaired) electrons. The van der Waals surface area contributed by atoms with Crippen LogP contribution in [0.4, 0.5) is 19.0 Å². The quantitative estimate of drug-likeness (QED) is 0.596. The predicted molar refractivity (Wildman–Crippen MR) is 107 cm³/mol. The number of halogens is 5. The number of amides is 1. The van der Waals surface area contributed by atoms with E-state index in [1.54, 1.807) is 29.2 Å². The third-order valence-corrected chi connectivity index (χ3v) is 6.30. The molecule has 1 fully saturated rings. The number of aromatic nitrogens is 2. The summed E-state index contributed by atoms with van der Waals surface area (Å²) < 4.78 is 43.2. The Balaban J connectivity index is 1.71. The summed E-state index contributed by atoms with van der Waals surface area (Å²) in [6, 6.07) is 4.60. The van der Waals surface area contributed by atoms with Gasteiger partial charge in [0.15, 0.2) is 11.7 Å². The number of carbonyl (C=O) groups excluding carboxylic acids is 1. The van der Waals surface area contributed by atoms with Crippen molar-refractivity contribution in [3.8, 4) is 0 Å². The van der Waals surface area contributed by atoms with Gasteiger partial charge in [0.2, 0.25) is 0 Å². The fourth-order valence-electron chi connectivity index (χ4n) is 3.89. The van der Waals surface area contributed by atoms with Crippen LogP contribution in [0.25, 0.3) is 0 Å². The molecule has 5 nitrogen and oxygen atoms in total. The van der Waals surface area contributed by atoms with Gasteiger partial charge >= 0.3 is 6.18 Å². The normalized spacial score (nSPS) is 22.2. The van der Waals surface area contributed by atoms with Crippen molar-refractivity contribution < 1.29 is 18.0 Å². The van der Waals surface area contributed by atoms with Crippen LogP contribution in [0.3, 0.4) is 0 Å². The fourth-order valence-corrected chi connectivity index (χ4v) is 4.41. The molecule has 29 heavy (non-hydrogen) atoms. The number of rotatable bonds is 2. The number of hydrogen-bond acceptors (Lipinski definition) is 3. The maximum Gasteiger partial charge on any atom is 0.410 e.